The van der Waals surface area contributed by atoms with E-state index < -0.39 is 11.6 Å². The van der Waals surface area contributed by atoms with E-state index in [-0.39, 0.29) is 11.1 Å². The zero-order valence-electron chi connectivity index (χ0n) is 13.6. The van der Waals surface area contributed by atoms with Crippen LogP contribution in [0.1, 0.15) is 5.56 Å². The van der Waals surface area contributed by atoms with Gasteiger partial charge in [-0.1, -0.05) is 23.7 Å². The van der Waals surface area contributed by atoms with Crippen LogP contribution in [-0.4, -0.2) is 15.9 Å². The average molecular weight is 402 g/mol. The molecule has 0 aliphatic rings. The summed E-state index contributed by atoms with van der Waals surface area (Å²) in [6, 6.07) is 10.2. The molecule has 0 aliphatic carbocycles. The molecule has 4 rings (SSSR count). The summed E-state index contributed by atoms with van der Waals surface area (Å²) < 4.78 is 27.7. The van der Waals surface area contributed by atoms with Crippen molar-refractivity contribution in [3.05, 3.63) is 86.7 Å². The molecule has 2 aromatic heterocycles. The van der Waals surface area contributed by atoms with Crippen LogP contribution in [0, 0.1) is 11.6 Å². The first-order chi connectivity index (χ1) is 13.0. The van der Waals surface area contributed by atoms with Crippen LogP contribution < -0.4 is 5.56 Å². The molecule has 0 bridgehead atoms. The number of halogens is 3. The van der Waals surface area contributed by atoms with Gasteiger partial charge in [-0.25, -0.2) is 13.8 Å². The summed E-state index contributed by atoms with van der Waals surface area (Å²) in [4.78, 5) is 17.7. The van der Waals surface area contributed by atoms with Crippen molar-refractivity contribution in [1.29, 1.82) is 0 Å². The molecule has 0 N–H and O–H groups in total. The lowest BCUT2D eigenvalue weighted by Crippen LogP contribution is -2.16. The molecular weight excluding hydrogens is 392 g/mol. The molecule has 0 amide bonds. The molecule has 0 saturated carbocycles. The second kappa shape index (κ2) is 7.02. The van der Waals surface area contributed by atoms with Crippen molar-refractivity contribution in [1.82, 2.24) is 9.66 Å². The highest BCUT2D eigenvalue weighted by Crippen LogP contribution is 2.31. The Kier molecular flexibility index (Phi) is 4.55. The standard InChI is InChI=1S/C19H10ClF2N3OS/c20-13-4-1-11(2-5-13)15-9-27-18-17(15)19(26)25(10-23-18)24-8-12-3-6-14(21)7-16(12)22/h1-10H/b24-8-. The highest BCUT2D eigenvalue weighted by molar-refractivity contribution is 7.17. The molecule has 0 saturated heterocycles. The summed E-state index contributed by atoms with van der Waals surface area (Å²) in [5, 5.41) is 6.84. The Morgan fingerprint density at radius 1 is 1.15 bits per heavy atom. The van der Waals surface area contributed by atoms with Gasteiger partial charge in [-0.15, -0.1) is 11.3 Å². The second-order valence-corrected chi connectivity index (χ2v) is 6.94. The molecule has 0 unspecified atom stereocenters. The fourth-order valence-electron chi connectivity index (χ4n) is 2.58. The van der Waals surface area contributed by atoms with Crippen LogP contribution in [0.15, 0.2) is 64.1 Å². The Bertz CT molecular complexity index is 1230. The Hall–Kier alpha value is -2.90. The maximum absolute atomic E-state index is 13.7. The molecule has 27 heavy (non-hydrogen) atoms. The van der Waals surface area contributed by atoms with Crippen LogP contribution in [0.5, 0.6) is 0 Å². The maximum Gasteiger partial charge on any atom is 0.283 e. The van der Waals surface area contributed by atoms with Crippen LogP contribution in [0.3, 0.4) is 0 Å². The lowest BCUT2D eigenvalue weighted by Gasteiger charge is -2.02. The Morgan fingerprint density at radius 3 is 2.67 bits per heavy atom. The fourth-order valence-corrected chi connectivity index (χ4v) is 3.61. The number of rotatable bonds is 3. The van der Waals surface area contributed by atoms with Gasteiger partial charge in [0.05, 0.1) is 11.6 Å². The molecule has 0 fully saturated rings. The third-order valence-corrected chi connectivity index (χ3v) is 5.06. The number of benzene rings is 2. The van der Waals surface area contributed by atoms with E-state index in [4.69, 9.17) is 11.6 Å². The van der Waals surface area contributed by atoms with Crippen LogP contribution in [0.4, 0.5) is 8.78 Å². The predicted octanol–water partition coefficient (Wildman–Crippen LogP) is 4.94. The number of fused-ring (bicyclic) bond motifs is 1. The second-order valence-electron chi connectivity index (χ2n) is 5.64. The van der Waals surface area contributed by atoms with Crippen molar-refractivity contribution in [3.63, 3.8) is 0 Å². The summed E-state index contributed by atoms with van der Waals surface area (Å²) in [7, 11) is 0. The van der Waals surface area contributed by atoms with Crippen molar-refractivity contribution < 1.29 is 8.78 Å². The van der Waals surface area contributed by atoms with Crippen LogP contribution in [-0.2, 0) is 0 Å². The van der Waals surface area contributed by atoms with Crippen LogP contribution in [0.25, 0.3) is 21.3 Å². The van der Waals surface area contributed by atoms with Gasteiger partial charge in [0.25, 0.3) is 5.56 Å². The van der Waals surface area contributed by atoms with E-state index in [9.17, 15) is 13.6 Å². The first-order valence-electron chi connectivity index (χ1n) is 7.77. The predicted molar refractivity (Wildman–Crippen MR) is 104 cm³/mol. The Balaban J connectivity index is 1.80. The zero-order chi connectivity index (χ0) is 19.0. The first-order valence-corrected chi connectivity index (χ1v) is 9.03. The summed E-state index contributed by atoms with van der Waals surface area (Å²) in [5.41, 5.74) is 1.23. The molecule has 4 aromatic rings. The van der Waals surface area contributed by atoms with Gasteiger partial charge in [0.1, 0.15) is 22.8 Å². The number of nitrogens with zero attached hydrogens (tertiary/aromatic N) is 3. The van der Waals surface area contributed by atoms with E-state index in [0.717, 1.165) is 34.2 Å². The number of hydrogen-bond donors (Lipinski definition) is 0. The molecule has 134 valence electrons. The third kappa shape index (κ3) is 3.39. The number of thiophene rings is 1. The Labute approximate surface area is 161 Å². The minimum absolute atomic E-state index is 0.0617. The summed E-state index contributed by atoms with van der Waals surface area (Å²) in [6.45, 7) is 0. The van der Waals surface area contributed by atoms with Gasteiger partial charge in [0, 0.05) is 27.6 Å². The van der Waals surface area contributed by atoms with Gasteiger partial charge < -0.3 is 0 Å². The van der Waals surface area contributed by atoms with E-state index >= 15 is 0 Å². The molecule has 2 aromatic carbocycles. The van der Waals surface area contributed by atoms with Gasteiger partial charge in [-0.05, 0) is 29.8 Å². The molecule has 0 atom stereocenters. The van der Waals surface area contributed by atoms with Gasteiger partial charge in [-0.3, -0.25) is 4.79 Å². The monoisotopic (exact) mass is 401 g/mol. The van der Waals surface area contributed by atoms with Crippen molar-refractivity contribution in [3.8, 4) is 11.1 Å². The fraction of sp³-hybridized carbons (Fsp3) is 0. The van der Waals surface area contributed by atoms with Gasteiger partial charge in [0.15, 0.2) is 0 Å². The lowest BCUT2D eigenvalue weighted by molar-refractivity contribution is 0.582. The largest absolute Gasteiger partial charge is 0.283 e. The van der Waals surface area contributed by atoms with Crippen molar-refractivity contribution in [2.75, 3.05) is 0 Å². The quantitative estimate of drug-likeness (QED) is 0.456. The summed E-state index contributed by atoms with van der Waals surface area (Å²) in [6.07, 6.45) is 2.42. The average Bonchev–Trinajstić information content (AvgIpc) is 3.08. The van der Waals surface area contributed by atoms with E-state index in [1.165, 1.54) is 23.7 Å². The SMILES string of the molecule is O=c1c2c(-c3ccc(Cl)cc3)csc2ncn1/N=C\c1ccc(F)cc1F. The van der Waals surface area contributed by atoms with Gasteiger partial charge in [0.2, 0.25) is 0 Å². The Morgan fingerprint density at radius 2 is 1.93 bits per heavy atom. The van der Waals surface area contributed by atoms with Gasteiger partial charge in [-0.2, -0.15) is 9.78 Å². The maximum atomic E-state index is 13.7. The van der Waals surface area contributed by atoms with E-state index in [1.807, 2.05) is 17.5 Å². The lowest BCUT2D eigenvalue weighted by atomic mass is 10.1. The normalized spacial score (nSPS) is 11.5. The van der Waals surface area contributed by atoms with E-state index in [2.05, 4.69) is 10.1 Å². The topological polar surface area (TPSA) is 47.2 Å². The number of hydrogen-bond acceptors (Lipinski definition) is 4. The van der Waals surface area contributed by atoms with E-state index in [0.29, 0.717) is 15.2 Å². The highest BCUT2D eigenvalue weighted by atomic mass is 35.5. The first kappa shape index (κ1) is 17.5. The minimum atomic E-state index is -0.766. The molecule has 0 radical (unpaired) electrons. The van der Waals surface area contributed by atoms with Gasteiger partial charge >= 0.3 is 0 Å². The molecule has 2 heterocycles. The van der Waals surface area contributed by atoms with Crippen LogP contribution >= 0.6 is 22.9 Å². The van der Waals surface area contributed by atoms with Crippen molar-refractivity contribution in [2.45, 2.75) is 0 Å². The number of aromatic nitrogens is 2. The smallest absolute Gasteiger partial charge is 0.267 e. The van der Waals surface area contributed by atoms with E-state index in [1.54, 1.807) is 12.1 Å². The van der Waals surface area contributed by atoms with Crippen LogP contribution in [0.2, 0.25) is 5.02 Å². The molecular formula is C19H10ClF2N3OS. The minimum Gasteiger partial charge on any atom is -0.267 e. The van der Waals surface area contributed by atoms with Crippen molar-refractivity contribution in [2.24, 2.45) is 5.10 Å². The van der Waals surface area contributed by atoms with Crippen molar-refractivity contribution >= 4 is 39.4 Å². The highest BCUT2D eigenvalue weighted by Gasteiger charge is 2.13. The summed E-state index contributed by atoms with van der Waals surface area (Å²) in [5.74, 6) is -1.45. The molecule has 8 heteroatoms. The third-order valence-electron chi connectivity index (χ3n) is 3.92. The molecule has 0 aliphatic heterocycles. The summed E-state index contributed by atoms with van der Waals surface area (Å²) >= 11 is 7.26. The zero-order valence-corrected chi connectivity index (χ0v) is 15.1. The molecule has 4 nitrogen and oxygen atoms in total. The molecule has 0 spiro atoms.